The van der Waals surface area contributed by atoms with Gasteiger partial charge in [-0.05, 0) is 37.3 Å². The van der Waals surface area contributed by atoms with Crippen LogP contribution in [0, 0.1) is 0 Å². The average Bonchev–Trinajstić information content (AvgIpc) is 2.80. The summed E-state index contributed by atoms with van der Waals surface area (Å²) in [7, 11) is 1.81. The van der Waals surface area contributed by atoms with Crippen molar-refractivity contribution in [2.75, 3.05) is 13.7 Å². The second-order valence-electron chi connectivity index (χ2n) is 4.03. The summed E-state index contributed by atoms with van der Waals surface area (Å²) in [5, 5.41) is 5.73. The van der Waals surface area contributed by atoms with Crippen molar-refractivity contribution in [3.8, 4) is 0 Å². The van der Waals surface area contributed by atoms with Crippen LogP contribution in [-0.4, -0.2) is 25.8 Å². The molecule has 92 valence electrons. The largest absolute Gasteiger partial charge is 0.380 e. The molecular formula is C13H23NOS. The predicted molar refractivity (Wildman–Crippen MR) is 71.2 cm³/mol. The Morgan fingerprint density at radius 3 is 2.75 bits per heavy atom. The summed E-state index contributed by atoms with van der Waals surface area (Å²) in [5.74, 6) is 0. The number of thiophene rings is 1. The Morgan fingerprint density at radius 1 is 1.44 bits per heavy atom. The molecule has 0 saturated carbocycles. The highest BCUT2D eigenvalue weighted by atomic mass is 32.1. The van der Waals surface area contributed by atoms with Crippen molar-refractivity contribution in [3.63, 3.8) is 0 Å². The molecule has 16 heavy (non-hydrogen) atoms. The highest BCUT2D eigenvalue weighted by Crippen LogP contribution is 2.15. The minimum Gasteiger partial charge on any atom is -0.380 e. The zero-order valence-electron chi connectivity index (χ0n) is 10.5. The van der Waals surface area contributed by atoms with Gasteiger partial charge in [-0.2, -0.15) is 0 Å². The first-order chi connectivity index (χ1) is 7.81. The van der Waals surface area contributed by atoms with Crippen molar-refractivity contribution in [1.82, 2.24) is 5.32 Å². The second-order valence-corrected chi connectivity index (χ2v) is 5.06. The number of ether oxygens (including phenoxy) is 1. The van der Waals surface area contributed by atoms with E-state index in [2.05, 4.69) is 36.7 Å². The molecule has 0 spiro atoms. The molecule has 1 heterocycles. The van der Waals surface area contributed by atoms with Gasteiger partial charge in [0, 0.05) is 18.0 Å². The Bertz CT molecular complexity index is 257. The molecule has 0 aromatic carbocycles. The first-order valence-corrected chi connectivity index (χ1v) is 6.98. The molecule has 1 aromatic heterocycles. The van der Waals surface area contributed by atoms with Gasteiger partial charge in [0.1, 0.15) is 0 Å². The predicted octanol–water partition coefficient (Wildman–Crippen LogP) is 3.08. The highest BCUT2D eigenvalue weighted by molar-refractivity contribution is 7.09. The quantitative estimate of drug-likeness (QED) is 0.755. The lowest BCUT2D eigenvalue weighted by Gasteiger charge is -2.25. The molecule has 2 atom stereocenters. The van der Waals surface area contributed by atoms with E-state index >= 15 is 0 Å². The van der Waals surface area contributed by atoms with Gasteiger partial charge in [-0.15, -0.1) is 11.3 Å². The molecule has 1 aromatic rings. The molecule has 0 aliphatic carbocycles. The molecule has 0 bridgehead atoms. The summed E-state index contributed by atoms with van der Waals surface area (Å²) < 4.78 is 5.55. The molecule has 0 aliphatic rings. The minimum atomic E-state index is 0.314. The molecule has 0 saturated heterocycles. The van der Waals surface area contributed by atoms with E-state index in [0.29, 0.717) is 12.1 Å². The van der Waals surface area contributed by atoms with Crippen molar-refractivity contribution >= 4 is 11.3 Å². The van der Waals surface area contributed by atoms with Gasteiger partial charge in [0.25, 0.3) is 0 Å². The number of nitrogens with one attached hydrogen (secondary N) is 1. The van der Waals surface area contributed by atoms with Gasteiger partial charge in [0.2, 0.25) is 0 Å². The van der Waals surface area contributed by atoms with E-state index in [1.807, 2.05) is 18.4 Å². The van der Waals surface area contributed by atoms with E-state index in [4.69, 9.17) is 4.74 Å². The Kier molecular flexibility index (Phi) is 6.69. The third kappa shape index (κ3) is 4.24. The fraction of sp³-hybridized carbons (Fsp3) is 0.692. The summed E-state index contributed by atoms with van der Waals surface area (Å²) in [6.07, 6.45) is 3.61. The molecule has 3 heteroatoms. The molecular weight excluding hydrogens is 218 g/mol. The maximum absolute atomic E-state index is 5.55. The van der Waals surface area contributed by atoms with Gasteiger partial charge in [0.05, 0.1) is 6.10 Å². The van der Waals surface area contributed by atoms with Crippen LogP contribution in [-0.2, 0) is 11.2 Å². The average molecular weight is 241 g/mol. The second kappa shape index (κ2) is 7.82. The van der Waals surface area contributed by atoms with E-state index < -0.39 is 0 Å². The Balaban J connectivity index is 2.55. The van der Waals surface area contributed by atoms with Crippen LogP contribution in [0.3, 0.4) is 0 Å². The third-order valence-electron chi connectivity index (χ3n) is 2.81. The lowest BCUT2D eigenvalue weighted by Crippen LogP contribution is -2.42. The normalized spacial score (nSPS) is 14.9. The van der Waals surface area contributed by atoms with Crippen LogP contribution in [0.4, 0.5) is 0 Å². The molecule has 1 rings (SSSR count). The lowest BCUT2D eigenvalue weighted by atomic mass is 10.0. The van der Waals surface area contributed by atoms with Gasteiger partial charge in [-0.1, -0.05) is 19.9 Å². The van der Waals surface area contributed by atoms with Gasteiger partial charge in [0.15, 0.2) is 0 Å². The summed E-state index contributed by atoms with van der Waals surface area (Å²) in [5.41, 5.74) is 0. The Labute approximate surface area is 103 Å². The van der Waals surface area contributed by atoms with Crippen molar-refractivity contribution in [2.24, 2.45) is 0 Å². The van der Waals surface area contributed by atoms with Crippen molar-refractivity contribution in [1.29, 1.82) is 0 Å². The van der Waals surface area contributed by atoms with E-state index in [1.54, 1.807) is 0 Å². The topological polar surface area (TPSA) is 21.3 Å². The SMILES string of the molecule is CCCNC(Cc1cccs1)C(CC)OC. The van der Waals surface area contributed by atoms with Crippen LogP contribution in [0.15, 0.2) is 17.5 Å². The number of hydrogen-bond donors (Lipinski definition) is 1. The van der Waals surface area contributed by atoms with E-state index in [-0.39, 0.29) is 0 Å². The Hall–Kier alpha value is -0.380. The number of methoxy groups -OCH3 is 1. The standard InChI is InChI=1S/C13H23NOS/c1-4-8-14-12(13(5-2)15-3)10-11-7-6-9-16-11/h6-7,9,12-14H,4-5,8,10H2,1-3H3. The number of hydrogen-bond acceptors (Lipinski definition) is 3. The maximum Gasteiger partial charge on any atom is 0.0725 e. The van der Waals surface area contributed by atoms with Gasteiger partial charge in [-0.3, -0.25) is 0 Å². The summed E-state index contributed by atoms with van der Waals surface area (Å²) in [6, 6.07) is 4.76. The van der Waals surface area contributed by atoms with Gasteiger partial charge in [-0.25, -0.2) is 0 Å². The summed E-state index contributed by atoms with van der Waals surface area (Å²) in [4.78, 5) is 1.43. The summed E-state index contributed by atoms with van der Waals surface area (Å²) >= 11 is 1.83. The third-order valence-corrected chi connectivity index (χ3v) is 3.71. The first-order valence-electron chi connectivity index (χ1n) is 6.10. The lowest BCUT2D eigenvalue weighted by molar-refractivity contribution is 0.0656. The molecule has 2 nitrogen and oxygen atoms in total. The highest BCUT2D eigenvalue weighted by Gasteiger charge is 2.19. The zero-order chi connectivity index (χ0) is 11.8. The van der Waals surface area contributed by atoms with Crippen LogP contribution >= 0.6 is 11.3 Å². The minimum absolute atomic E-state index is 0.314. The van der Waals surface area contributed by atoms with Crippen LogP contribution < -0.4 is 5.32 Å². The monoisotopic (exact) mass is 241 g/mol. The zero-order valence-corrected chi connectivity index (χ0v) is 11.3. The molecule has 2 unspecified atom stereocenters. The fourth-order valence-corrected chi connectivity index (χ4v) is 2.69. The first kappa shape index (κ1) is 13.7. The smallest absolute Gasteiger partial charge is 0.0725 e. The van der Waals surface area contributed by atoms with Crippen LogP contribution in [0.1, 0.15) is 31.6 Å². The van der Waals surface area contributed by atoms with Crippen molar-refractivity contribution in [3.05, 3.63) is 22.4 Å². The number of rotatable bonds is 8. The van der Waals surface area contributed by atoms with Crippen LogP contribution in [0.2, 0.25) is 0 Å². The van der Waals surface area contributed by atoms with Gasteiger partial charge < -0.3 is 10.1 Å². The van der Waals surface area contributed by atoms with Crippen molar-refractivity contribution < 1.29 is 4.74 Å². The van der Waals surface area contributed by atoms with E-state index in [0.717, 1.165) is 19.4 Å². The van der Waals surface area contributed by atoms with Gasteiger partial charge >= 0.3 is 0 Å². The van der Waals surface area contributed by atoms with Crippen LogP contribution in [0.5, 0.6) is 0 Å². The fourth-order valence-electron chi connectivity index (χ4n) is 1.93. The molecule has 0 fully saturated rings. The van der Waals surface area contributed by atoms with E-state index in [9.17, 15) is 0 Å². The summed E-state index contributed by atoms with van der Waals surface area (Å²) in [6.45, 7) is 5.45. The van der Waals surface area contributed by atoms with Crippen molar-refractivity contribution in [2.45, 2.75) is 45.3 Å². The molecule has 0 aliphatic heterocycles. The van der Waals surface area contributed by atoms with E-state index in [1.165, 1.54) is 11.3 Å². The van der Waals surface area contributed by atoms with Crippen LogP contribution in [0.25, 0.3) is 0 Å². The molecule has 1 N–H and O–H groups in total. The Morgan fingerprint density at radius 2 is 2.25 bits per heavy atom. The molecule has 0 radical (unpaired) electrons. The maximum atomic E-state index is 5.55. The molecule has 0 amide bonds.